The van der Waals surface area contributed by atoms with Crippen LogP contribution < -0.4 is 10.9 Å². The highest BCUT2D eigenvalue weighted by atomic mass is 79.9. The summed E-state index contributed by atoms with van der Waals surface area (Å²) >= 11 is 3.36. The van der Waals surface area contributed by atoms with Gasteiger partial charge >= 0.3 is 5.63 Å². The predicted octanol–water partition coefficient (Wildman–Crippen LogP) is 7.55. The molecule has 1 fully saturated rings. The summed E-state index contributed by atoms with van der Waals surface area (Å²) < 4.78 is 34.4. The molecule has 1 atom stereocenters. The first-order chi connectivity index (χ1) is 16.4. The summed E-state index contributed by atoms with van der Waals surface area (Å²) in [5.41, 5.74) is 1.57. The molecule has 34 heavy (non-hydrogen) atoms. The molecule has 7 heteroatoms. The average Bonchev–Trinajstić information content (AvgIpc) is 2.82. The van der Waals surface area contributed by atoms with Gasteiger partial charge in [0.2, 0.25) is 5.82 Å². The molecule has 0 spiro atoms. The van der Waals surface area contributed by atoms with Crippen molar-refractivity contribution in [1.82, 2.24) is 4.98 Å². The number of anilines is 1. The molecular weight excluding hydrogens is 502 g/mol. The first kappa shape index (κ1) is 23.0. The van der Waals surface area contributed by atoms with Crippen molar-refractivity contribution in [3.05, 3.63) is 80.8 Å². The number of nitrogens with zero attached hydrogens (tertiary/aromatic N) is 1. The highest BCUT2D eigenvalue weighted by molar-refractivity contribution is 9.10. The summed E-state index contributed by atoms with van der Waals surface area (Å²) in [5, 5.41) is 4.68. The maximum absolute atomic E-state index is 14.7. The van der Waals surface area contributed by atoms with E-state index in [1.807, 2.05) is 19.2 Å². The Labute approximate surface area is 204 Å². The molecule has 4 aromatic rings. The van der Waals surface area contributed by atoms with Crippen LogP contribution in [0.2, 0.25) is 0 Å². The van der Waals surface area contributed by atoms with Crippen LogP contribution >= 0.6 is 15.9 Å². The lowest BCUT2D eigenvalue weighted by molar-refractivity contribution is 0.302. The predicted molar refractivity (Wildman–Crippen MR) is 134 cm³/mol. The molecule has 0 bridgehead atoms. The third-order valence-electron chi connectivity index (χ3n) is 6.92. The van der Waals surface area contributed by atoms with Gasteiger partial charge in [-0.05, 0) is 98.9 Å². The third kappa shape index (κ3) is 4.58. The van der Waals surface area contributed by atoms with E-state index in [1.54, 1.807) is 30.3 Å². The first-order valence-electron chi connectivity index (χ1n) is 11.6. The smallest absolute Gasteiger partial charge is 0.374 e. The van der Waals surface area contributed by atoms with Gasteiger partial charge in [-0.15, -0.1) is 0 Å². The Morgan fingerprint density at radius 2 is 1.88 bits per heavy atom. The monoisotopic (exact) mass is 526 g/mol. The van der Waals surface area contributed by atoms with E-state index in [-0.39, 0.29) is 17.5 Å². The Morgan fingerprint density at radius 1 is 1.09 bits per heavy atom. The number of hydrogen-bond donors (Lipinski definition) is 1. The zero-order valence-corrected chi connectivity index (χ0v) is 20.4. The molecule has 1 aliphatic rings. The minimum atomic E-state index is -0.971. The summed E-state index contributed by atoms with van der Waals surface area (Å²) in [4.78, 5) is 16.4. The van der Waals surface area contributed by atoms with Gasteiger partial charge in [0, 0.05) is 27.5 Å². The number of benzene rings is 2. The molecule has 1 unspecified atom stereocenters. The molecule has 1 aliphatic carbocycles. The number of rotatable bonds is 5. The molecule has 1 N–H and O–H groups in total. The highest BCUT2D eigenvalue weighted by Crippen LogP contribution is 2.40. The van der Waals surface area contributed by atoms with Crippen LogP contribution in [0.4, 0.5) is 14.5 Å². The fourth-order valence-corrected chi connectivity index (χ4v) is 5.64. The molecular formula is C27H25BrF2N2O2. The van der Waals surface area contributed by atoms with Crippen molar-refractivity contribution in [2.75, 3.05) is 5.32 Å². The van der Waals surface area contributed by atoms with E-state index in [0.717, 1.165) is 47.5 Å². The summed E-state index contributed by atoms with van der Waals surface area (Å²) in [6.07, 6.45) is 6.81. The van der Waals surface area contributed by atoms with Gasteiger partial charge in [0.15, 0.2) is 0 Å². The molecule has 0 radical (unpaired) electrons. The van der Waals surface area contributed by atoms with Crippen LogP contribution in [0.3, 0.4) is 0 Å². The van der Waals surface area contributed by atoms with Crippen molar-refractivity contribution in [1.29, 1.82) is 0 Å². The number of pyridine rings is 1. The van der Waals surface area contributed by atoms with Gasteiger partial charge in [0.1, 0.15) is 11.4 Å². The minimum Gasteiger partial charge on any atom is -0.420 e. The van der Waals surface area contributed by atoms with Gasteiger partial charge in [0.05, 0.1) is 11.2 Å². The fraction of sp³-hybridized carbons (Fsp3) is 0.333. The van der Waals surface area contributed by atoms with Crippen LogP contribution in [0.5, 0.6) is 0 Å². The van der Waals surface area contributed by atoms with E-state index in [2.05, 4.69) is 26.2 Å². The molecule has 0 amide bonds. The van der Waals surface area contributed by atoms with Gasteiger partial charge in [-0.2, -0.15) is 4.39 Å². The SMILES string of the molecule is CC(C[C@H]1CC[C@@H](c2ccnc3ccc(F)cc32)CC1)Nc1c(F)c(=O)oc2cc(Br)ccc12. The molecule has 2 aromatic carbocycles. The number of nitrogens with one attached hydrogen (secondary N) is 1. The summed E-state index contributed by atoms with van der Waals surface area (Å²) in [5.74, 6) is -0.253. The Hall–Kier alpha value is -2.80. The fourth-order valence-electron chi connectivity index (χ4n) is 5.30. The van der Waals surface area contributed by atoms with Gasteiger partial charge in [-0.3, -0.25) is 4.98 Å². The van der Waals surface area contributed by atoms with E-state index < -0.39 is 11.4 Å². The molecule has 2 heterocycles. The van der Waals surface area contributed by atoms with Crippen LogP contribution in [0, 0.1) is 17.6 Å². The first-order valence-corrected chi connectivity index (χ1v) is 12.4. The summed E-state index contributed by atoms with van der Waals surface area (Å²) in [6.45, 7) is 2.02. The zero-order chi connectivity index (χ0) is 23.8. The molecule has 176 valence electrons. The van der Waals surface area contributed by atoms with Crippen LogP contribution in [-0.2, 0) is 0 Å². The topological polar surface area (TPSA) is 55.1 Å². The van der Waals surface area contributed by atoms with Crippen molar-refractivity contribution in [2.45, 2.75) is 51.0 Å². The van der Waals surface area contributed by atoms with E-state index in [4.69, 9.17) is 4.42 Å². The maximum atomic E-state index is 14.7. The minimum absolute atomic E-state index is 0.0134. The third-order valence-corrected chi connectivity index (χ3v) is 7.41. The van der Waals surface area contributed by atoms with Crippen LogP contribution in [-0.4, -0.2) is 11.0 Å². The molecule has 4 nitrogen and oxygen atoms in total. The van der Waals surface area contributed by atoms with Crippen molar-refractivity contribution in [2.24, 2.45) is 5.92 Å². The van der Waals surface area contributed by atoms with Crippen molar-refractivity contribution in [3.8, 4) is 0 Å². The second kappa shape index (κ2) is 9.45. The molecule has 1 saturated carbocycles. The number of fused-ring (bicyclic) bond motifs is 2. The van der Waals surface area contributed by atoms with Crippen molar-refractivity contribution >= 4 is 43.5 Å². The van der Waals surface area contributed by atoms with Gasteiger partial charge in [0.25, 0.3) is 0 Å². The van der Waals surface area contributed by atoms with E-state index in [1.165, 1.54) is 11.6 Å². The summed E-state index contributed by atoms with van der Waals surface area (Å²) in [7, 11) is 0. The normalized spacial score (nSPS) is 19.4. The van der Waals surface area contributed by atoms with E-state index in [9.17, 15) is 13.6 Å². The highest BCUT2D eigenvalue weighted by Gasteiger charge is 2.26. The van der Waals surface area contributed by atoms with E-state index in [0.29, 0.717) is 22.8 Å². The van der Waals surface area contributed by atoms with Crippen molar-refractivity contribution in [3.63, 3.8) is 0 Å². The lowest BCUT2D eigenvalue weighted by Gasteiger charge is -2.31. The standard InChI is InChI=1S/C27H25BrF2N2O2/c1-15(32-26-21-8-6-18(28)13-24(21)34-27(33)25(26)30)12-16-2-4-17(5-3-16)20-10-11-31-23-9-7-19(29)14-22(20)23/h6-11,13-17,32H,2-5,12H2,1H3/t15?,16-,17+. The molecule has 0 saturated heterocycles. The Kier molecular flexibility index (Phi) is 6.38. The van der Waals surface area contributed by atoms with E-state index >= 15 is 0 Å². The summed E-state index contributed by atoms with van der Waals surface area (Å²) in [6, 6.07) is 12.0. The second-order valence-corrected chi connectivity index (χ2v) is 10.2. The van der Waals surface area contributed by atoms with Crippen LogP contribution in [0.15, 0.2) is 62.3 Å². The molecule has 2 aromatic heterocycles. The van der Waals surface area contributed by atoms with Crippen LogP contribution in [0.25, 0.3) is 21.9 Å². The second-order valence-electron chi connectivity index (χ2n) is 9.28. The van der Waals surface area contributed by atoms with Gasteiger partial charge in [-0.1, -0.05) is 15.9 Å². The number of aromatic nitrogens is 1. The number of hydrogen-bond acceptors (Lipinski definition) is 4. The van der Waals surface area contributed by atoms with Gasteiger partial charge < -0.3 is 9.73 Å². The molecule has 0 aliphatic heterocycles. The zero-order valence-electron chi connectivity index (χ0n) is 18.8. The Morgan fingerprint density at radius 3 is 2.68 bits per heavy atom. The number of halogens is 3. The lowest BCUT2D eigenvalue weighted by Crippen LogP contribution is -2.24. The average molecular weight is 527 g/mol. The lowest BCUT2D eigenvalue weighted by atomic mass is 9.76. The van der Waals surface area contributed by atoms with Crippen LogP contribution in [0.1, 0.15) is 50.5 Å². The molecule has 5 rings (SSSR count). The Bertz CT molecular complexity index is 1410. The quantitative estimate of drug-likeness (QED) is 0.273. The maximum Gasteiger partial charge on any atom is 0.374 e. The van der Waals surface area contributed by atoms with Gasteiger partial charge in [-0.25, -0.2) is 9.18 Å². The largest absolute Gasteiger partial charge is 0.420 e. The Balaban J connectivity index is 1.27. The van der Waals surface area contributed by atoms with Crippen molar-refractivity contribution < 1.29 is 13.2 Å².